The SMILES string of the molecule is CC(=O)NC[C@]1(c2ccccc2)CC[C@@H](O)[C@H](N(C)C(=O)c2cccc3ncccc23)CC1. The summed E-state index contributed by atoms with van der Waals surface area (Å²) in [5, 5.41) is 14.9. The molecule has 6 nitrogen and oxygen atoms in total. The molecule has 1 aromatic heterocycles. The number of hydrogen-bond acceptors (Lipinski definition) is 4. The first-order valence-corrected chi connectivity index (χ1v) is 11.5. The second-order valence-electron chi connectivity index (χ2n) is 9.06. The molecule has 0 aliphatic heterocycles. The lowest BCUT2D eigenvalue weighted by atomic mass is 9.74. The van der Waals surface area contributed by atoms with Gasteiger partial charge in [0, 0.05) is 43.1 Å². The fourth-order valence-electron chi connectivity index (χ4n) is 5.09. The maximum Gasteiger partial charge on any atom is 0.254 e. The number of carbonyl (C=O) groups excluding carboxylic acids is 2. The number of benzene rings is 2. The van der Waals surface area contributed by atoms with Gasteiger partial charge < -0.3 is 15.3 Å². The number of aliphatic hydroxyl groups is 1. The summed E-state index contributed by atoms with van der Waals surface area (Å²) in [5.41, 5.74) is 2.24. The average Bonchev–Trinajstić information content (AvgIpc) is 3.01. The van der Waals surface area contributed by atoms with Crippen molar-refractivity contribution in [1.82, 2.24) is 15.2 Å². The molecule has 4 rings (SSSR count). The van der Waals surface area contributed by atoms with Crippen LogP contribution >= 0.6 is 0 Å². The summed E-state index contributed by atoms with van der Waals surface area (Å²) in [7, 11) is 1.77. The molecule has 172 valence electrons. The highest BCUT2D eigenvalue weighted by Crippen LogP contribution is 2.39. The Labute approximate surface area is 194 Å². The van der Waals surface area contributed by atoms with Crippen LogP contribution in [0.1, 0.15) is 48.5 Å². The molecular weight excluding hydrogens is 414 g/mol. The minimum Gasteiger partial charge on any atom is -0.391 e. The van der Waals surface area contributed by atoms with Gasteiger partial charge in [-0.2, -0.15) is 0 Å². The second-order valence-corrected chi connectivity index (χ2v) is 9.06. The standard InChI is InChI=1S/C27H31N3O3/c1-19(31)29-18-27(20-8-4-3-5-9-20)15-13-24(25(32)14-16-27)30(2)26(33)22-10-6-12-23-21(22)11-7-17-28-23/h3-12,17,24-25,32H,13-16,18H2,1-2H3,(H,29,31)/t24-,25-,27-/m1/s1. The third-order valence-corrected chi connectivity index (χ3v) is 7.04. The highest BCUT2D eigenvalue weighted by molar-refractivity contribution is 6.06. The van der Waals surface area contributed by atoms with Crippen LogP contribution in [0.25, 0.3) is 10.9 Å². The molecular formula is C27H31N3O3. The Kier molecular flexibility index (Phi) is 6.75. The predicted octanol–water partition coefficient (Wildman–Crippen LogP) is 3.68. The van der Waals surface area contributed by atoms with Crippen LogP contribution in [-0.2, 0) is 10.2 Å². The Bertz CT molecular complexity index is 1130. The van der Waals surface area contributed by atoms with Crippen molar-refractivity contribution in [2.45, 2.75) is 50.2 Å². The predicted molar refractivity (Wildman–Crippen MR) is 129 cm³/mol. The van der Waals surface area contributed by atoms with E-state index in [-0.39, 0.29) is 23.3 Å². The quantitative estimate of drug-likeness (QED) is 0.587. The lowest BCUT2D eigenvalue weighted by Gasteiger charge is -2.34. The molecule has 3 atom stereocenters. The van der Waals surface area contributed by atoms with E-state index in [1.807, 2.05) is 48.5 Å². The molecule has 0 spiro atoms. The molecule has 33 heavy (non-hydrogen) atoms. The van der Waals surface area contributed by atoms with E-state index in [4.69, 9.17) is 0 Å². The number of carbonyl (C=O) groups is 2. The van der Waals surface area contributed by atoms with Gasteiger partial charge in [0.15, 0.2) is 0 Å². The number of aromatic nitrogens is 1. The molecule has 2 aromatic carbocycles. The molecule has 1 heterocycles. The van der Waals surface area contributed by atoms with Crippen molar-refractivity contribution in [3.05, 3.63) is 78.0 Å². The maximum atomic E-state index is 13.5. The molecule has 1 aliphatic rings. The van der Waals surface area contributed by atoms with Crippen LogP contribution in [0.15, 0.2) is 66.9 Å². The Balaban J connectivity index is 1.60. The molecule has 1 saturated carbocycles. The van der Waals surface area contributed by atoms with Gasteiger partial charge in [0.1, 0.15) is 0 Å². The summed E-state index contributed by atoms with van der Waals surface area (Å²) >= 11 is 0. The minimum atomic E-state index is -0.644. The third-order valence-electron chi connectivity index (χ3n) is 7.04. The van der Waals surface area contributed by atoms with E-state index in [0.29, 0.717) is 24.9 Å². The molecule has 2 amide bonds. The number of nitrogens with one attached hydrogen (secondary N) is 1. The number of likely N-dealkylation sites (N-methyl/N-ethyl adjacent to an activating group) is 1. The summed E-state index contributed by atoms with van der Waals surface area (Å²) in [4.78, 5) is 31.3. The van der Waals surface area contributed by atoms with Crippen LogP contribution in [0.4, 0.5) is 0 Å². The van der Waals surface area contributed by atoms with Crippen molar-refractivity contribution in [3.8, 4) is 0 Å². The number of amides is 2. The summed E-state index contributed by atoms with van der Waals surface area (Å²) < 4.78 is 0. The van der Waals surface area contributed by atoms with Gasteiger partial charge in [-0.25, -0.2) is 0 Å². The van der Waals surface area contributed by atoms with E-state index in [0.717, 1.165) is 29.3 Å². The van der Waals surface area contributed by atoms with Gasteiger partial charge in [-0.3, -0.25) is 14.6 Å². The van der Waals surface area contributed by atoms with Crippen LogP contribution in [-0.4, -0.2) is 52.5 Å². The van der Waals surface area contributed by atoms with Crippen molar-refractivity contribution in [3.63, 3.8) is 0 Å². The van der Waals surface area contributed by atoms with E-state index in [9.17, 15) is 14.7 Å². The van der Waals surface area contributed by atoms with Crippen LogP contribution in [0, 0.1) is 0 Å². The average molecular weight is 446 g/mol. The monoisotopic (exact) mass is 445 g/mol. The number of nitrogens with zero attached hydrogens (tertiary/aromatic N) is 2. The van der Waals surface area contributed by atoms with Gasteiger partial charge in [0.2, 0.25) is 5.91 Å². The first-order valence-electron chi connectivity index (χ1n) is 11.5. The smallest absolute Gasteiger partial charge is 0.254 e. The minimum absolute atomic E-state index is 0.0662. The van der Waals surface area contributed by atoms with Gasteiger partial charge in [-0.1, -0.05) is 42.5 Å². The molecule has 0 bridgehead atoms. The Hall–Kier alpha value is -3.25. The Morgan fingerprint density at radius 1 is 1.06 bits per heavy atom. The van der Waals surface area contributed by atoms with E-state index in [2.05, 4.69) is 22.4 Å². The normalized spacial score (nSPS) is 23.0. The number of rotatable bonds is 5. The first kappa shape index (κ1) is 22.9. The van der Waals surface area contributed by atoms with E-state index >= 15 is 0 Å². The van der Waals surface area contributed by atoms with Crippen molar-refractivity contribution < 1.29 is 14.7 Å². The zero-order valence-electron chi connectivity index (χ0n) is 19.2. The lowest BCUT2D eigenvalue weighted by molar-refractivity contribution is -0.119. The van der Waals surface area contributed by atoms with Crippen LogP contribution in [0.5, 0.6) is 0 Å². The fourth-order valence-corrected chi connectivity index (χ4v) is 5.09. The van der Waals surface area contributed by atoms with Crippen LogP contribution in [0.2, 0.25) is 0 Å². The van der Waals surface area contributed by atoms with Gasteiger partial charge in [0.05, 0.1) is 17.7 Å². The summed E-state index contributed by atoms with van der Waals surface area (Å²) in [5.74, 6) is -0.185. The van der Waals surface area contributed by atoms with Gasteiger partial charge in [-0.15, -0.1) is 0 Å². The number of aliphatic hydroxyl groups excluding tert-OH is 1. The summed E-state index contributed by atoms with van der Waals surface area (Å²) in [6.45, 7) is 2.04. The fraction of sp³-hybridized carbons (Fsp3) is 0.370. The van der Waals surface area contributed by atoms with Crippen molar-refractivity contribution in [1.29, 1.82) is 0 Å². The molecule has 3 aromatic rings. The first-order chi connectivity index (χ1) is 15.9. The van der Waals surface area contributed by atoms with Crippen LogP contribution < -0.4 is 5.32 Å². The lowest BCUT2D eigenvalue weighted by Crippen LogP contribution is -2.44. The molecule has 1 aliphatic carbocycles. The highest BCUT2D eigenvalue weighted by atomic mass is 16.3. The van der Waals surface area contributed by atoms with Gasteiger partial charge >= 0.3 is 0 Å². The highest BCUT2D eigenvalue weighted by Gasteiger charge is 2.40. The maximum absolute atomic E-state index is 13.5. The topological polar surface area (TPSA) is 82.5 Å². The van der Waals surface area contributed by atoms with E-state index in [1.54, 1.807) is 18.1 Å². The molecule has 0 unspecified atom stereocenters. The largest absolute Gasteiger partial charge is 0.391 e. The van der Waals surface area contributed by atoms with E-state index < -0.39 is 6.10 Å². The summed E-state index contributed by atoms with van der Waals surface area (Å²) in [6, 6.07) is 19.1. The number of pyridine rings is 1. The number of hydrogen-bond donors (Lipinski definition) is 2. The summed E-state index contributed by atoms with van der Waals surface area (Å²) in [6.07, 6.45) is 3.75. The Morgan fingerprint density at radius 3 is 2.58 bits per heavy atom. The zero-order chi connectivity index (χ0) is 23.4. The van der Waals surface area contributed by atoms with Gasteiger partial charge in [0.25, 0.3) is 5.91 Å². The van der Waals surface area contributed by atoms with Crippen molar-refractivity contribution in [2.24, 2.45) is 0 Å². The number of fused-ring (bicyclic) bond motifs is 1. The van der Waals surface area contributed by atoms with E-state index in [1.165, 1.54) is 6.92 Å². The van der Waals surface area contributed by atoms with Crippen molar-refractivity contribution in [2.75, 3.05) is 13.6 Å². The molecule has 1 fully saturated rings. The zero-order valence-corrected chi connectivity index (χ0v) is 19.2. The molecule has 6 heteroatoms. The van der Waals surface area contributed by atoms with Gasteiger partial charge in [-0.05, 0) is 49.4 Å². The van der Waals surface area contributed by atoms with Crippen molar-refractivity contribution >= 4 is 22.7 Å². The molecule has 0 saturated heterocycles. The Morgan fingerprint density at radius 2 is 1.82 bits per heavy atom. The molecule has 0 radical (unpaired) electrons. The van der Waals surface area contributed by atoms with Crippen LogP contribution in [0.3, 0.4) is 0 Å². The second kappa shape index (κ2) is 9.71. The molecule has 2 N–H and O–H groups in total. The third kappa shape index (κ3) is 4.76.